The van der Waals surface area contributed by atoms with Crippen molar-refractivity contribution in [3.05, 3.63) is 34.6 Å². The first-order valence-electron chi connectivity index (χ1n) is 3.91. The van der Waals surface area contributed by atoms with Crippen LogP contribution in [0, 0.1) is 5.82 Å². The van der Waals surface area contributed by atoms with Gasteiger partial charge in [0.1, 0.15) is 5.82 Å². The second-order valence-electron chi connectivity index (χ2n) is 2.91. The first kappa shape index (κ1) is 10.4. The van der Waals surface area contributed by atoms with Crippen molar-refractivity contribution in [2.24, 2.45) is 5.73 Å². The van der Waals surface area contributed by atoms with Gasteiger partial charge in [0.2, 0.25) is 0 Å². The molecule has 3 N–H and O–H groups in total. The highest BCUT2D eigenvalue weighted by Gasteiger charge is 2.17. The van der Waals surface area contributed by atoms with Gasteiger partial charge in [-0.15, -0.1) is 0 Å². The van der Waals surface area contributed by atoms with Crippen LogP contribution in [0.25, 0.3) is 0 Å². The lowest BCUT2D eigenvalue weighted by Gasteiger charge is -2.15. The molecule has 13 heavy (non-hydrogen) atoms. The lowest BCUT2D eigenvalue weighted by molar-refractivity contribution is 0.162. The van der Waals surface area contributed by atoms with E-state index >= 15 is 0 Å². The molecule has 0 saturated carbocycles. The average molecular weight is 204 g/mol. The maximum Gasteiger partial charge on any atom is 0.146 e. The largest absolute Gasteiger partial charge is 0.391 e. The number of hydrogen-bond acceptors (Lipinski definition) is 2. The van der Waals surface area contributed by atoms with Crippen LogP contribution in [0.5, 0.6) is 0 Å². The third-order valence-corrected chi connectivity index (χ3v) is 2.15. The smallest absolute Gasteiger partial charge is 0.146 e. The normalized spacial score (nSPS) is 15.5. The molecule has 1 aromatic carbocycles. The Hall–Kier alpha value is -0.640. The summed E-state index contributed by atoms with van der Waals surface area (Å²) in [5, 5.41) is 9.18. The van der Waals surface area contributed by atoms with Crippen LogP contribution >= 0.6 is 11.6 Å². The molecule has 4 heteroatoms. The quantitative estimate of drug-likeness (QED) is 0.771. The SMILES string of the molecule is C[C@@H](O)[C@@H](N)c1cccc(Cl)c1F. The molecule has 2 nitrogen and oxygen atoms in total. The number of rotatable bonds is 2. The van der Waals surface area contributed by atoms with Crippen LogP contribution in [0.15, 0.2) is 18.2 Å². The predicted octanol–water partition coefficient (Wildman–Crippen LogP) is 1.86. The first-order chi connectivity index (χ1) is 6.04. The molecule has 2 atom stereocenters. The van der Waals surface area contributed by atoms with Crippen LogP contribution in [-0.2, 0) is 0 Å². The Bertz CT molecular complexity index is 304. The summed E-state index contributed by atoms with van der Waals surface area (Å²) < 4.78 is 13.3. The molecule has 0 radical (unpaired) electrons. The number of halogens is 2. The maximum absolute atomic E-state index is 13.3. The number of nitrogens with two attached hydrogens (primary N) is 1. The van der Waals surface area contributed by atoms with Gasteiger partial charge in [-0.1, -0.05) is 23.7 Å². The van der Waals surface area contributed by atoms with Gasteiger partial charge in [-0.2, -0.15) is 0 Å². The Morgan fingerprint density at radius 2 is 2.15 bits per heavy atom. The van der Waals surface area contributed by atoms with Crippen LogP contribution < -0.4 is 5.73 Å². The van der Waals surface area contributed by atoms with E-state index in [1.165, 1.54) is 19.1 Å². The Kier molecular flexibility index (Phi) is 3.25. The van der Waals surface area contributed by atoms with Gasteiger partial charge in [0, 0.05) is 5.56 Å². The molecule has 0 fully saturated rings. The summed E-state index contributed by atoms with van der Waals surface area (Å²) in [5.74, 6) is -0.558. The van der Waals surface area contributed by atoms with E-state index < -0.39 is 18.0 Å². The fourth-order valence-corrected chi connectivity index (χ4v) is 1.22. The van der Waals surface area contributed by atoms with Crippen molar-refractivity contribution in [2.75, 3.05) is 0 Å². The van der Waals surface area contributed by atoms with Crippen LogP contribution in [-0.4, -0.2) is 11.2 Å². The van der Waals surface area contributed by atoms with Gasteiger partial charge >= 0.3 is 0 Å². The first-order valence-corrected chi connectivity index (χ1v) is 4.29. The highest BCUT2D eigenvalue weighted by Crippen LogP contribution is 2.23. The molecule has 0 spiro atoms. The molecule has 0 heterocycles. The van der Waals surface area contributed by atoms with Gasteiger partial charge in [0.05, 0.1) is 17.2 Å². The standard InChI is InChI=1S/C9H11ClFNO/c1-5(13)9(12)6-3-2-4-7(10)8(6)11/h2-5,9,13H,12H2,1H3/t5-,9-/m1/s1. The average Bonchev–Trinajstić information content (AvgIpc) is 2.08. The summed E-state index contributed by atoms with van der Waals surface area (Å²) in [6, 6.07) is 3.82. The Balaban J connectivity index is 3.07. The van der Waals surface area contributed by atoms with E-state index in [1.54, 1.807) is 6.07 Å². The van der Waals surface area contributed by atoms with E-state index in [1.807, 2.05) is 0 Å². The fourth-order valence-electron chi connectivity index (χ4n) is 1.04. The molecule has 0 bridgehead atoms. The Labute approximate surface area is 81.1 Å². The van der Waals surface area contributed by atoms with Gasteiger partial charge < -0.3 is 10.8 Å². The van der Waals surface area contributed by atoms with Crippen LogP contribution in [0.3, 0.4) is 0 Å². The zero-order valence-corrected chi connectivity index (χ0v) is 7.92. The van der Waals surface area contributed by atoms with Crippen molar-refractivity contribution in [3.63, 3.8) is 0 Å². The van der Waals surface area contributed by atoms with Crippen molar-refractivity contribution in [1.82, 2.24) is 0 Å². The van der Waals surface area contributed by atoms with E-state index in [4.69, 9.17) is 22.4 Å². The van der Waals surface area contributed by atoms with E-state index in [2.05, 4.69) is 0 Å². The van der Waals surface area contributed by atoms with E-state index in [-0.39, 0.29) is 10.6 Å². The zero-order valence-electron chi connectivity index (χ0n) is 7.17. The second-order valence-corrected chi connectivity index (χ2v) is 3.32. The van der Waals surface area contributed by atoms with Gasteiger partial charge in [-0.25, -0.2) is 4.39 Å². The van der Waals surface area contributed by atoms with Crippen molar-refractivity contribution in [2.45, 2.75) is 19.1 Å². The minimum atomic E-state index is -0.798. The maximum atomic E-state index is 13.3. The Morgan fingerprint density at radius 3 is 2.69 bits per heavy atom. The summed E-state index contributed by atoms with van der Waals surface area (Å²) in [7, 11) is 0. The van der Waals surface area contributed by atoms with E-state index in [9.17, 15) is 4.39 Å². The van der Waals surface area contributed by atoms with E-state index in [0.717, 1.165) is 0 Å². The predicted molar refractivity (Wildman–Crippen MR) is 50.0 cm³/mol. The molecule has 0 saturated heterocycles. The van der Waals surface area contributed by atoms with Crippen LogP contribution in [0.2, 0.25) is 5.02 Å². The van der Waals surface area contributed by atoms with Crippen molar-refractivity contribution >= 4 is 11.6 Å². The van der Waals surface area contributed by atoms with Crippen LogP contribution in [0.1, 0.15) is 18.5 Å². The summed E-state index contributed by atoms with van der Waals surface area (Å²) >= 11 is 5.55. The second kappa shape index (κ2) is 4.05. The molecule has 0 aromatic heterocycles. The highest BCUT2D eigenvalue weighted by molar-refractivity contribution is 6.30. The molecule has 72 valence electrons. The highest BCUT2D eigenvalue weighted by atomic mass is 35.5. The number of benzene rings is 1. The lowest BCUT2D eigenvalue weighted by Crippen LogP contribution is -2.24. The van der Waals surface area contributed by atoms with Gasteiger partial charge in [-0.05, 0) is 13.0 Å². The molecule has 0 aliphatic rings. The number of hydrogen-bond donors (Lipinski definition) is 2. The molecule has 0 amide bonds. The lowest BCUT2D eigenvalue weighted by atomic mass is 10.0. The fraction of sp³-hybridized carbons (Fsp3) is 0.333. The molecular formula is C9H11ClFNO. The summed E-state index contributed by atoms with van der Waals surface area (Å²) in [6.45, 7) is 1.50. The van der Waals surface area contributed by atoms with Crippen LogP contribution in [0.4, 0.5) is 4.39 Å². The number of aliphatic hydroxyl groups excluding tert-OH is 1. The topological polar surface area (TPSA) is 46.2 Å². The van der Waals surface area contributed by atoms with Crippen molar-refractivity contribution < 1.29 is 9.50 Å². The Morgan fingerprint density at radius 1 is 1.54 bits per heavy atom. The zero-order chi connectivity index (χ0) is 10.0. The summed E-state index contributed by atoms with van der Waals surface area (Å²) in [4.78, 5) is 0. The monoisotopic (exact) mass is 203 g/mol. The molecular weight excluding hydrogens is 193 g/mol. The van der Waals surface area contributed by atoms with Gasteiger partial charge in [0.15, 0.2) is 0 Å². The van der Waals surface area contributed by atoms with Crippen molar-refractivity contribution in [3.8, 4) is 0 Å². The minimum Gasteiger partial charge on any atom is -0.391 e. The third kappa shape index (κ3) is 2.18. The summed E-state index contributed by atoms with van der Waals surface area (Å²) in [5.41, 5.74) is 5.80. The van der Waals surface area contributed by atoms with Crippen molar-refractivity contribution in [1.29, 1.82) is 0 Å². The molecule has 0 unspecified atom stereocenters. The molecule has 1 aromatic rings. The molecule has 1 rings (SSSR count). The summed E-state index contributed by atoms with van der Waals surface area (Å²) in [6.07, 6.45) is -0.798. The number of aliphatic hydroxyl groups is 1. The van der Waals surface area contributed by atoms with Gasteiger partial charge in [0.25, 0.3) is 0 Å². The van der Waals surface area contributed by atoms with Gasteiger partial charge in [-0.3, -0.25) is 0 Å². The molecule has 0 aliphatic heterocycles. The third-order valence-electron chi connectivity index (χ3n) is 1.86. The van der Waals surface area contributed by atoms with E-state index in [0.29, 0.717) is 0 Å². The minimum absolute atomic E-state index is 0.0219. The molecule has 0 aliphatic carbocycles.